The van der Waals surface area contributed by atoms with Crippen LogP contribution in [-0.2, 0) is 16.1 Å². The van der Waals surface area contributed by atoms with Crippen molar-refractivity contribution in [3.8, 4) is 11.5 Å². The van der Waals surface area contributed by atoms with Crippen molar-refractivity contribution < 1.29 is 19.1 Å². The van der Waals surface area contributed by atoms with E-state index in [0.29, 0.717) is 40.4 Å². The molecule has 174 valence electrons. The lowest BCUT2D eigenvalue weighted by Crippen LogP contribution is -2.15. The number of thioether (sulfide) groups is 1. The van der Waals surface area contributed by atoms with Crippen LogP contribution in [0.4, 0.5) is 11.4 Å². The molecule has 2 N–H and O–H groups in total. The molecule has 1 atom stereocenters. The normalized spacial score (nSPS) is 11.5. The number of methoxy groups -OCH3 is 1. The number of anilines is 2. The third kappa shape index (κ3) is 6.72. The van der Waals surface area contributed by atoms with Gasteiger partial charge in [0, 0.05) is 30.9 Å². The van der Waals surface area contributed by atoms with E-state index >= 15 is 0 Å². The lowest BCUT2D eigenvalue weighted by Gasteiger charge is -2.16. The van der Waals surface area contributed by atoms with E-state index in [0.717, 1.165) is 0 Å². The molecule has 0 aliphatic rings. The number of carbonyl (C=O) groups is 2. The molecule has 3 rings (SSSR count). The third-order valence-corrected chi connectivity index (χ3v) is 5.57. The number of rotatable bonds is 10. The largest absolute Gasteiger partial charge is 0.497 e. The zero-order chi connectivity index (χ0) is 23.8. The monoisotopic (exact) mass is 469 g/mol. The number of nitrogens with zero attached hydrogens (tertiary/aromatic N) is 3. The van der Waals surface area contributed by atoms with Crippen LogP contribution >= 0.6 is 11.8 Å². The standard InChI is InChI=1S/C23H27N5O4S/c1-5-28-22(15(2)32-20-8-6-7-19(13-20)31-4)26-27-23(28)33-14-21(30)25-18-11-9-17(10-12-18)24-16(3)29/h6-13,15H,5,14H2,1-4H3,(H,24,29)(H,25,30). The Balaban J connectivity index is 1.59. The van der Waals surface area contributed by atoms with Gasteiger partial charge >= 0.3 is 0 Å². The molecule has 3 aromatic rings. The lowest BCUT2D eigenvalue weighted by atomic mass is 10.3. The van der Waals surface area contributed by atoms with E-state index in [4.69, 9.17) is 9.47 Å². The van der Waals surface area contributed by atoms with Crippen LogP contribution in [0, 0.1) is 0 Å². The highest BCUT2D eigenvalue weighted by Gasteiger charge is 2.19. The van der Waals surface area contributed by atoms with Gasteiger partial charge in [-0.1, -0.05) is 17.8 Å². The number of hydrogen-bond donors (Lipinski definition) is 2. The summed E-state index contributed by atoms with van der Waals surface area (Å²) in [6.45, 7) is 5.98. The topological polar surface area (TPSA) is 107 Å². The van der Waals surface area contributed by atoms with Crippen molar-refractivity contribution in [2.75, 3.05) is 23.5 Å². The second kappa shape index (κ2) is 11.4. The average Bonchev–Trinajstić information content (AvgIpc) is 3.22. The number of hydrogen-bond acceptors (Lipinski definition) is 7. The number of carbonyl (C=O) groups excluding carboxylic acids is 2. The predicted octanol–water partition coefficient (Wildman–Crippen LogP) is 4.14. The van der Waals surface area contributed by atoms with Crippen molar-refractivity contribution in [1.29, 1.82) is 0 Å². The Hall–Kier alpha value is -3.53. The summed E-state index contributed by atoms with van der Waals surface area (Å²) < 4.78 is 13.2. The minimum absolute atomic E-state index is 0.147. The second-order valence-electron chi connectivity index (χ2n) is 7.12. The van der Waals surface area contributed by atoms with Crippen LogP contribution in [0.3, 0.4) is 0 Å². The van der Waals surface area contributed by atoms with Gasteiger partial charge in [0.2, 0.25) is 11.8 Å². The van der Waals surface area contributed by atoms with E-state index in [1.54, 1.807) is 31.4 Å². The van der Waals surface area contributed by atoms with Crippen molar-refractivity contribution in [2.45, 2.75) is 38.6 Å². The molecule has 0 fully saturated rings. The van der Waals surface area contributed by atoms with E-state index < -0.39 is 0 Å². The summed E-state index contributed by atoms with van der Waals surface area (Å²) in [4.78, 5) is 23.5. The van der Waals surface area contributed by atoms with Crippen LogP contribution < -0.4 is 20.1 Å². The van der Waals surface area contributed by atoms with Gasteiger partial charge < -0.3 is 24.7 Å². The molecule has 1 unspecified atom stereocenters. The maximum absolute atomic E-state index is 12.4. The van der Waals surface area contributed by atoms with Gasteiger partial charge in [0.15, 0.2) is 17.1 Å². The molecule has 1 heterocycles. The number of ether oxygens (including phenoxy) is 2. The second-order valence-corrected chi connectivity index (χ2v) is 8.06. The molecule has 0 radical (unpaired) electrons. The smallest absolute Gasteiger partial charge is 0.234 e. The summed E-state index contributed by atoms with van der Waals surface area (Å²) in [5.41, 5.74) is 1.32. The zero-order valence-electron chi connectivity index (χ0n) is 19.0. The highest BCUT2D eigenvalue weighted by atomic mass is 32.2. The van der Waals surface area contributed by atoms with E-state index in [1.807, 2.05) is 42.7 Å². The molecular formula is C23H27N5O4S. The highest BCUT2D eigenvalue weighted by Crippen LogP contribution is 2.27. The maximum Gasteiger partial charge on any atom is 0.234 e. The quantitative estimate of drug-likeness (QED) is 0.430. The van der Waals surface area contributed by atoms with Gasteiger partial charge in [-0.3, -0.25) is 9.59 Å². The molecule has 1 aromatic heterocycles. The van der Waals surface area contributed by atoms with E-state index in [1.165, 1.54) is 18.7 Å². The van der Waals surface area contributed by atoms with Gasteiger partial charge in [-0.25, -0.2) is 0 Å². The Morgan fingerprint density at radius 1 is 1.06 bits per heavy atom. The molecular weight excluding hydrogens is 442 g/mol. The van der Waals surface area contributed by atoms with Crippen LogP contribution in [0.1, 0.15) is 32.7 Å². The van der Waals surface area contributed by atoms with Gasteiger partial charge in [-0.05, 0) is 50.2 Å². The third-order valence-electron chi connectivity index (χ3n) is 4.60. The zero-order valence-corrected chi connectivity index (χ0v) is 19.8. The average molecular weight is 470 g/mol. The number of benzene rings is 2. The van der Waals surface area contributed by atoms with Crippen molar-refractivity contribution >= 4 is 35.0 Å². The molecule has 9 nitrogen and oxygen atoms in total. The fourth-order valence-electron chi connectivity index (χ4n) is 3.10. The van der Waals surface area contributed by atoms with Crippen LogP contribution in [0.15, 0.2) is 53.7 Å². The molecule has 2 amide bonds. The van der Waals surface area contributed by atoms with Gasteiger partial charge in [0.05, 0.1) is 12.9 Å². The minimum Gasteiger partial charge on any atom is -0.497 e. The summed E-state index contributed by atoms with van der Waals surface area (Å²) in [7, 11) is 1.61. The Kier molecular flexibility index (Phi) is 8.31. The number of nitrogens with one attached hydrogen (secondary N) is 2. The van der Waals surface area contributed by atoms with Crippen LogP contribution in [-0.4, -0.2) is 39.4 Å². The predicted molar refractivity (Wildman–Crippen MR) is 128 cm³/mol. The molecule has 0 saturated carbocycles. The molecule has 10 heteroatoms. The fourth-order valence-corrected chi connectivity index (χ4v) is 3.91. The Morgan fingerprint density at radius 3 is 2.36 bits per heavy atom. The summed E-state index contributed by atoms with van der Waals surface area (Å²) in [6.07, 6.45) is -0.338. The Labute approximate surface area is 196 Å². The molecule has 0 saturated heterocycles. The lowest BCUT2D eigenvalue weighted by molar-refractivity contribution is -0.114. The first kappa shape index (κ1) is 24.1. The SMILES string of the molecule is CCn1c(SCC(=O)Nc2ccc(NC(C)=O)cc2)nnc1C(C)Oc1cccc(OC)c1. The summed E-state index contributed by atoms with van der Waals surface area (Å²) in [5, 5.41) is 14.7. The molecule has 0 spiro atoms. The summed E-state index contributed by atoms with van der Waals surface area (Å²) >= 11 is 1.31. The van der Waals surface area contributed by atoms with Crippen molar-refractivity contribution in [1.82, 2.24) is 14.8 Å². The van der Waals surface area contributed by atoms with Gasteiger partial charge in [0.1, 0.15) is 11.5 Å². The first-order chi connectivity index (χ1) is 15.9. The Bertz CT molecular complexity index is 1100. The molecule has 0 bridgehead atoms. The first-order valence-electron chi connectivity index (χ1n) is 10.4. The van der Waals surface area contributed by atoms with Crippen LogP contribution in [0.5, 0.6) is 11.5 Å². The summed E-state index contributed by atoms with van der Waals surface area (Å²) in [5.74, 6) is 1.92. The van der Waals surface area contributed by atoms with E-state index in [-0.39, 0.29) is 23.7 Å². The van der Waals surface area contributed by atoms with Crippen molar-refractivity contribution in [3.05, 3.63) is 54.4 Å². The van der Waals surface area contributed by atoms with Gasteiger partial charge in [0.25, 0.3) is 0 Å². The first-order valence-corrected chi connectivity index (χ1v) is 11.4. The van der Waals surface area contributed by atoms with Gasteiger partial charge in [-0.2, -0.15) is 0 Å². The maximum atomic E-state index is 12.4. The van der Waals surface area contributed by atoms with Gasteiger partial charge in [-0.15, -0.1) is 10.2 Å². The molecule has 0 aliphatic carbocycles. The summed E-state index contributed by atoms with van der Waals surface area (Å²) in [6, 6.07) is 14.3. The van der Waals surface area contributed by atoms with E-state index in [2.05, 4.69) is 20.8 Å². The van der Waals surface area contributed by atoms with Crippen molar-refractivity contribution in [3.63, 3.8) is 0 Å². The van der Waals surface area contributed by atoms with Crippen LogP contribution in [0.2, 0.25) is 0 Å². The Morgan fingerprint density at radius 2 is 1.73 bits per heavy atom. The highest BCUT2D eigenvalue weighted by molar-refractivity contribution is 7.99. The fraction of sp³-hybridized carbons (Fsp3) is 0.304. The minimum atomic E-state index is -0.338. The molecule has 0 aliphatic heterocycles. The van der Waals surface area contributed by atoms with Crippen LogP contribution in [0.25, 0.3) is 0 Å². The van der Waals surface area contributed by atoms with Crippen molar-refractivity contribution in [2.24, 2.45) is 0 Å². The molecule has 2 aromatic carbocycles. The number of aromatic nitrogens is 3. The molecule has 33 heavy (non-hydrogen) atoms. The van der Waals surface area contributed by atoms with E-state index in [9.17, 15) is 9.59 Å². The number of amides is 2.